The van der Waals surface area contributed by atoms with Crippen LogP contribution in [0.5, 0.6) is 11.5 Å². The number of nitro benzene ring substituents is 1. The molecule has 0 radical (unpaired) electrons. The first-order chi connectivity index (χ1) is 18.8. The van der Waals surface area contributed by atoms with Gasteiger partial charge >= 0.3 is 0 Å². The van der Waals surface area contributed by atoms with Crippen molar-refractivity contribution in [3.05, 3.63) is 81.4 Å². The Morgan fingerprint density at radius 1 is 1.00 bits per heavy atom. The molecule has 0 spiro atoms. The molecule has 0 aliphatic carbocycles. The highest BCUT2D eigenvalue weighted by Crippen LogP contribution is 2.32. The molecule has 0 saturated heterocycles. The first kappa shape index (κ1) is 30.1. The van der Waals surface area contributed by atoms with Crippen LogP contribution in [-0.4, -0.2) is 53.3 Å². The standard InChI is InChI=1S/C28H32ClN3O6S/c1-4-14-31(15-5-2)16-17-38-26-19-22(9-12-25(26)37-3)30-28(33)20-6-13-27(24(18-20)32(34)35)39(36)23-10-7-21(29)8-11-23/h6-13,18-19H,4-5,14-17H2,1-3H3,(H,30,33). The molecule has 1 amide bonds. The van der Waals surface area contributed by atoms with Crippen molar-refractivity contribution in [2.45, 2.75) is 36.5 Å². The summed E-state index contributed by atoms with van der Waals surface area (Å²) in [7, 11) is -0.292. The monoisotopic (exact) mass is 573 g/mol. The van der Waals surface area contributed by atoms with Crippen LogP contribution in [0, 0.1) is 10.1 Å². The van der Waals surface area contributed by atoms with E-state index in [0.29, 0.717) is 33.7 Å². The van der Waals surface area contributed by atoms with E-state index in [1.807, 2.05) is 0 Å². The van der Waals surface area contributed by atoms with E-state index in [4.69, 9.17) is 21.1 Å². The molecule has 0 heterocycles. The second kappa shape index (κ2) is 14.6. The van der Waals surface area contributed by atoms with Crippen molar-refractivity contribution in [2.75, 3.05) is 38.7 Å². The van der Waals surface area contributed by atoms with E-state index in [1.54, 1.807) is 30.3 Å². The largest absolute Gasteiger partial charge is 0.493 e. The Balaban J connectivity index is 1.76. The summed E-state index contributed by atoms with van der Waals surface area (Å²) in [5, 5.41) is 15.0. The van der Waals surface area contributed by atoms with Crippen LogP contribution in [0.2, 0.25) is 5.02 Å². The molecule has 39 heavy (non-hydrogen) atoms. The Hall–Kier alpha value is -3.47. The number of carbonyl (C=O) groups is 1. The number of ether oxygens (including phenoxy) is 2. The molecule has 3 aromatic carbocycles. The number of hydrogen-bond donors (Lipinski definition) is 1. The van der Waals surface area contributed by atoms with Gasteiger partial charge in [-0.3, -0.25) is 19.8 Å². The number of amides is 1. The van der Waals surface area contributed by atoms with Gasteiger partial charge in [0.2, 0.25) is 0 Å². The van der Waals surface area contributed by atoms with Gasteiger partial charge in [0, 0.05) is 39.8 Å². The molecule has 3 aromatic rings. The van der Waals surface area contributed by atoms with Crippen LogP contribution in [0.4, 0.5) is 11.4 Å². The topological polar surface area (TPSA) is 111 Å². The highest BCUT2D eigenvalue weighted by molar-refractivity contribution is 7.85. The first-order valence-electron chi connectivity index (χ1n) is 12.6. The second-order valence-electron chi connectivity index (χ2n) is 8.67. The number of carbonyl (C=O) groups excluding carboxylic acids is 1. The zero-order valence-corrected chi connectivity index (χ0v) is 23.7. The summed E-state index contributed by atoms with van der Waals surface area (Å²) >= 11 is 5.88. The third-order valence-corrected chi connectivity index (χ3v) is 7.51. The smallest absolute Gasteiger partial charge is 0.286 e. The normalized spacial score (nSPS) is 11.7. The zero-order valence-electron chi connectivity index (χ0n) is 22.1. The lowest BCUT2D eigenvalue weighted by molar-refractivity contribution is -0.387. The molecule has 0 aliphatic rings. The Bertz CT molecular complexity index is 1310. The van der Waals surface area contributed by atoms with Crippen LogP contribution in [-0.2, 0) is 10.8 Å². The zero-order chi connectivity index (χ0) is 28.4. The third-order valence-electron chi connectivity index (χ3n) is 5.81. The third kappa shape index (κ3) is 8.26. The average Bonchev–Trinajstić information content (AvgIpc) is 2.93. The predicted molar refractivity (Wildman–Crippen MR) is 153 cm³/mol. The minimum absolute atomic E-state index is 0.0146. The summed E-state index contributed by atoms with van der Waals surface area (Å²) in [6, 6.07) is 15.0. The molecule has 208 valence electrons. The number of hydrogen-bond acceptors (Lipinski definition) is 7. The van der Waals surface area contributed by atoms with Gasteiger partial charge < -0.3 is 14.8 Å². The summed E-state index contributed by atoms with van der Waals surface area (Å²) < 4.78 is 24.4. The van der Waals surface area contributed by atoms with Crippen LogP contribution in [0.15, 0.2) is 70.5 Å². The van der Waals surface area contributed by atoms with Crippen LogP contribution in [0.3, 0.4) is 0 Å². The summed E-state index contributed by atoms with van der Waals surface area (Å²) in [5.41, 5.74) is 0.0660. The van der Waals surface area contributed by atoms with E-state index < -0.39 is 27.3 Å². The van der Waals surface area contributed by atoms with Gasteiger partial charge in [-0.25, -0.2) is 4.21 Å². The molecule has 9 nitrogen and oxygen atoms in total. The van der Waals surface area contributed by atoms with Crippen LogP contribution >= 0.6 is 11.6 Å². The van der Waals surface area contributed by atoms with Gasteiger partial charge in [-0.05, 0) is 74.5 Å². The van der Waals surface area contributed by atoms with Gasteiger partial charge in [0.25, 0.3) is 11.6 Å². The van der Waals surface area contributed by atoms with E-state index in [-0.39, 0.29) is 10.5 Å². The number of halogens is 1. The van der Waals surface area contributed by atoms with Crippen molar-refractivity contribution >= 4 is 39.7 Å². The molecule has 11 heteroatoms. The van der Waals surface area contributed by atoms with E-state index in [0.717, 1.165) is 38.5 Å². The van der Waals surface area contributed by atoms with Gasteiger partial charge in [0.05, 0.1) is 22.8 Å². The number of nitrogens with zero attached hydrogens (tertiary/aromatic N) is 2. The highest BCUT2D eigenvalue weighted by atomic mass is 35.5. The Morgan fingerprint density at radius 2 is 1.69 bits per heavy atom. The maximum absolute atomic E-state index is 13.0. The molecule has 1 N–H and O–H groups in total. The fourth-order valence-corrected chi connectivity index (χ4v) is 5.24. The number of anilines is 1. The van der Waals surface area contributed by atoms with Gasteiger partial charge in [-0.1, -0.05) is 25.4 Å². The summed E-state index contributed by atoms with van der Waals surface area (Å²) in [6.07, 6.45) is 2.11. The molecule has 1 unspecified atom stereocenters. The highest BCUT2D eigenvalue weighted by Gasteiger charge is 2.23. The van der Waals surface area contributed by atoms with E-state index in [2.05, 4.69) is 24.1 Å². The minimum Gasteiger partial charge on any atom is -0.493 e. The van der Waals surface area contributed by atoms with Crippen molar-refractivity contribution in [1.82, 2.24) is 4.90 Å². The summed E-state index contributed by atoms with van der Waals surface area (Å²) in [5.74, 6) is 0.438. The second-order valence-corrected chi connectivity index (χ2v) is 10.6. The Kier molecular flexibility index (Phi) is 11.3. The summed E-state index contributed by atoms with van der Waals surface area (Å²) in [4.78, 5) is 26.8. The maximum atomic E-state index is 13.0. The number of nitro groups is 1. The van der Waals surface area contributed by atoms with E-state index in [1.165, 1.54) is 31.4 Å². The lowest BCUT2D eigenvalue weighted by atomic mass is 10.2. The molecule has 0 aromatic heterocycles. The summed E-state index contributed by atoms with van der Waals surface area (Å²) in [6.45, 7) is 7.46. The lowest BCUT2D eigenvalue weighted by Crippen LogP contribution is -2.30. The minimum atomic E-state index is -1.83. The van der Waals surface area contributed by atoms with Crippen LogP contribution in [0.1, 0.15) is 37.0 Å². The molecule has 3 rings (SSSR count). The van der Waals surface area contributed by atoms with E-state index in [9.17, 15) is 19.1 Å². The molecular formula is C28H32ClN3O6S. The van der Waals surface area contributed by atoms with E-state index >= 15 is 0 Å². The molecular weight excluding hydrogens is 542 g/mol. The number of benzene rings is 3. The average molecular weight is 574 g/mol. The Labute approximate surface area is 235 Å². The maximum Gasteiger partial charge on any atom is 0.286 e. The van der Waals surface area contributed by atoms with Crippen LogP contribution < -0.4 is 14.8 Å². The fraction of sp³-hybridized carbons (Fsp3) is 0.321. The first-order valence-corrected chi connectivity index (χ1v) is 14.1. The van der Waals surface area contributed by atoms with Gasteiger partial charge in [0.1, 0.15) is 11.5 Å². The van der Waals surface area contributed by atoms with Crippen molar-refractivity contribution in [3.8, 4) is 11.5 Å². The molecule has 1 atom stereocenters. The fourth-order valence-electron chi connectivity index (χ4n) is 3.97. The van der Waals surface area contributed by atoms with Crippen molar-refractivity contribution in [3.63, 3.8) is 0 Å². The lowest BCUT2D eigenvalue weighted by Gasteiger charge is -2.21. The Morgan fingerprint density at radius 3 is 2.31 bits per heavy atom. The molecule has 0 aliphatic heterocycles. The van der Waals surface area contributed by atoms with Gasteiger partial charge in [-0.2, -0.15) is 0 Å². The number of methoxy groups -OCH3 is 1. The van der Waals surface area contributed by atoms with Crippen molar-refractivity contribution in [2.24, 2.45) is 0 Å². The van der Waals surface area contributed by atoms with Crippen molar-refractivity contribution in [1.29, 1.82) is 0 Å². The number of nitrogens with one attached hydrogen (secondary N) is 1. The predicted octanol–water partition coefficient (Wildman–Crippen LogP) is 6.18. The molecule has 0 saturated carbocycles. The van der Waals surface area contributed by atoms with Crippen molar-refractivity contribution < 1.29 is 23.4 Å². The molecule has 0 fully saturated rings. The number of rotatable bonds is 14. The van der Waals surface area contributed by atoms with Crippen LogP contribution in [0.25, 0.3) is 0 Å². The quantitative estimate of drug-likeness (QED) is 0.181. The van der Waals surface area contributed by atoms with Gasteiger partial charge in [-0.15, -0.1) is 0 Å². The molecule has 0 bridgehead atoms. The SMILES string of the molecule is CCCN(CCC)CCOc1cc(NC(=O)c2ccc(S(=O)c3ccc(Cl)cc3)c([N+](=O)[O-])c2)ccc1OC. The van der Waals surface area contributed by atoms with Gasteiger partial charge in [0.15, 0.2) is 11.5 Å².